The van der Waals surface area contributed by atoms with Crippen molar-refractivity contribution in [3.63, 3.8) is 0 Å². The monoisotopic (exact) mass is 255 g/mol. The Labute approximate surface area is 104 Å². The molecule has 90 valence electrons. The first-order chi connectivity index (χ1) is 8.24. The number of anilines is 1. The van der Waals surface area contributed by atoms with Gasteiger partial charge in [-0.15, -0.1) is 11.6 Å². The average molecular weight is 256 g/mol. The zero-order chi connectivity index (χ0) is 12.5. The number of benzene rings is 1. The lowest BCUT2D eigenvalue weighted by atomic mass is 10.3. The number of hydrogen-bond acceptors (Lipinski definition) is 2. The molecule has 1 aromatic rings. The topological polar surface area (TPSA) is 38.3 Å². The van der Waals surface area contributed by atoms with E-state index in [1.165, 1.54) is 18.2 Å². The lowest BCUT2D eigenvalue weighted by Gasteiger charge is -2.04. The van der Waals surface area contributed by atoms with E-state index in [-0.39, 0.29) is 12.3 Å². The normalized spacial score (nSPS) is 9.06. The van der Waals surface area contributed by atoms with E-state index in [1.54, 1.807) is 6.07 Å². The van der Waals surface area contributed by atoms with Crippen molar-refractivity contribution >= 4 is 23.4 Å². The Morgan fingerprint density at radius 3 is 2.88 bits per heavy atom. The second-order valence-corrected chi connectivity index (χ2v) is 3.35. The first-order valence-corrected chi connectivity index (χ1v) is 5.47. The molecule has 0 unspecified atom stereocenters. The number of nitrogens with one attached hydrogen (secondary N) is 1. The van der Waals surface area contributed by atoms with E-state index < -0.39 is 11.9 Å². The van der Waals surface area contributed by atoms with Crippen LogP contribution in [0.3, 0.4) is 0 Å². The third kappa shape index (κ3) is 5.23. The summed E-state index contributed by atoms with van der Waals surface area (Å²) in [6, 6.07) is 5.83. The Balaban J connectivity index is 2.36. The molecule has 0 aromatic heterocycles. The van der Waals surface area contributed by atoms with Gasteiger partial charge in [-0.1, -0.05) is 24.0 Å². The predicted molar refractivity (Wildman–Crippen MR) is 64.5 cm³/mol. The number of halogens is 2. The van der Waals surface area contributed by atoms with Crippen LogP contribution in [0.5, 0.6) is 0 Å². The average Bonchev–Trinajstić information content (AvgIpc) is 2.32. The first kappa shape index (κ1) is 13.3. The van der Waals surface area contributed by atoms with Crippen LogP contribution in [0.15, 0.2) is 24.3 Å². The molecular formula is C12H11ClFNO2. The summed E-state index contributed by atoms with van der Waals surface area (Å²) in [7, 11) is 0. The fraction of sp³-hybridized carbons (Fsp3) is 0.250. The van der Waals surface area contributed by atoms with Crippen molar-refractivity contribution in [1.29, 1.82) is 0 Å². The summed E-state index contributed by atoms with van der Waals surface area (Å²) in [6.45, 7) is -0.0445. The van der Waals surface area contributed by atoms with Crippen LogP contribution in [0.2, 0.25) is 0 Å². The number of alkyl halides is 1. The lowest BCUT2D eigenvalue weighted by molar-refractivity contribution is 0.176. The van der Waals surface area contributed by atoms with E-state index >= 15 is 0 Å². The van der Waals surface area contributed by atoms with Crippen LogP contribution in [0, 0.1) is 17.7 Å². The predicted octanol–water partition coefficient (Wildman–Crippen LogP) is 3.01. The van der Waals surface area contributed by atoms with E-state index in [4.69, 9.17) is 16.3 Å². The number of carbonyl (C=O) groups excluding carboxylic acids is 1. The van der Waals surface area contributed by atoms with Crippen LogP contribution in [0.25, 0.3) is 0 Å². The van der Waals surface area contributed by atoms with Crippen molar-refractivity contribution in [3.05, 3.63) is 30.1 Å². The highest BCUT2D eigenvalue weighted by molar-refractivity contribution is 6.18. The van der Waals surface area contributed by atoms with Crippen molar-refractivity contribution in [2.45, 2.75) is 6.42 Å². The van der Waals surface area contributed by atoms with Crippen LogP contribution in [0.1, 0.15) is 6.42 Å². The van der Waals surface area contributed by atoms with E-state index in [0.717, 1.165) is 0 Å². The van der Waals surface area contributed by atoms with Crippen molar-refractivity contribution in [3.8, 4) is 11.8 Å². The summed E-state index contributed by atoms with van der Waals surface area (Å²) in [6.07, 6.45) is -0.199. The molecule has 0 spiro atoms. The van der Waals surface area contributed by atoms with Crippen LogP contribution in [0.4, 0.5) is 14.9 Å². The fourth-order valence-corrected chi connectivity index (χ4v) is 1.09. The van der Waals surface area contributed by atoms with Gasteiger partial charge in [0, 0.05) is 12.3 Å². The molecule has 0 bridgehead atoms. The number of ether oxygens (including phenoxy) is 1. The van der Waals surface area contributed by atoms with Crippen LogP contribution >= 0.6 is 11.6 Å². The smallest absolute Gasteiger partial charge is 0.412 e. The van der Waals surface area contributed by atoms with Gasteiger partial charge >= 0.3 is 6.09 Å². The number of rotatable bonds is 3. The van der Waals surface area contributed by atoms with Crippen molar-refractivity contribution < 1.29 is 13.9 Å². The van der Waals surface area contributed by atoms with Gasteiger partial charge in [-0.2, -0.15) is 0 Å². The van der Waals surface area contributed by atoms with E-state index in [0.29, 0.717) is 12.3 Å². The van der Waals surface area contributed by atoms with Gasteiger partial charge < -0.3 is 4.74 Å². The fourth-order valence-electron chi connectivity index (χ4n) is 0.997. The summed E-state index contributed by atoms with van der Waals surface area (Å²) in [5.74, 6) is 5.23. The zero-order valence-corrected chi connectivity index (χ0v) is 9.76. The van der Waals surface area contributed by atoms with Gasteiger partial charge in [0.25, 0.3) is 0 Å². The maximum Gasteiger partial charge on any atom is 0.412 e. The molecule has 0 saturated heterocycles. The van der Waals surface area contributed by atoms with Gasteiger partial charge in [0.1, 0.15) is 5.82 Å². The van der Waals surface area contributed by atoms with Crippen molar-refractivity contribution in [2.75, 3.05) is 17.8 Å². The van der Waals surface area contributed by atoms with E-state index in [2.05, 4.69) is 17.2 Å². The van der Waals surface area contributed by atoms with Gasteiger partial charge in [0.15, 0.2) is 6.61 Å². The Kier molecular flexibility index (Phi) is 5.91. The Bertz CT molecular complexity index is 440. The quantitative estimate of drug-likeness (QED) is 0.666. The maximum atomic E-state index is 13.1. The first-order valence-electron chi connectivity index (χ1n) is 4.94. The number of hydrogen-bond donors (Lipinski definition) is 1. The van der Waals surface area contributed by atoms with Gasteiger partial charge in [-0.25, -0.2) is 9.18 Å². The molecule has 1 rings (SSSR count). The van der Waals surface area contributed by atoms with Crippen molar-refractivity contribution in [1.82, 2.24) is 0 Å². The molecule has 1 amide bonds. The summed E-state index contributed by atoms with van der Waals surface area (Å²) in [5.41, 5.74) is 0.0752. The Morgan fingerprint density at radius 2 is 2.18 bits per heavy atom. The standard InChI is InChI=1S/C12H11ClFNO2/c13-8-4-1-5-9-17-12(16)15-11-7-3-2-6-10(11)14/h2-3,6-7H,4,8-9H2,(H,15,16). The molecule has 1 aromatic carbocycles. The molecule has 0 aliphatic heterocycles. The van der Waals surface area contributed by atoms with Crippen LogP contribution in [-0.2, 0) is 4.74 Å². The van der Waals surface area contributed by atoms with Crippen LogP contribution in [-0.4, -0.2) is 18.6 Å². The minimum Gasteiger partial charge on any atom is -0.436 e. The molecule has 3 nitrogen and oxygen atoms in total. The highest BCUT2D eigenvalue weighted by atomic mass is 35.5. The lowest BCUT2D eigenvalue weighted by Crippen LogP contribution is -2.14. The highest BCUT2D eigenvalue weighted by Crippen LogP contribution is 2.12. The minimum absolute atomic E-state index is 0.0445. The molecular weight excluding hydrogens is 245 g/mol. The second-order valence-electron chi connectivity index (χ2n) is 2.97. The summed E-state index contributed by atoms with van der Waals surface area (Å²) >= 11 is 5.40. The summed E-state index contributed by atoms with van der Waals surface area (Å²) in [4.78, 5) is 11.2. The largest absolute Gasteiger partial charge is 0.436 e. The molecule has 0 aliphatic carbocycles. The zero-order valence-electron chi connectivity index (χ0n) is 9.00. The SMILES string of the molecule is O=C(Nc1ccccc1F)OCC#CCCCl. The van der Waals surface area contributed by atoms with Gasteiger partial charge in [-0.3, -0.25) is 5.32 Å². The maximum absolute atomic E-state index is 13.1. The van der Waals surface area contributed by atoms with E-state index in [1.807, 2.05) is 0 Å². The van der Waals surface area contributed by atoms with Gasteiger partial charge in [-0.05, 0) is 12.1 Å². The summed E-state index contributed by atoms with van der Waals surface area (Å²) in [5, 5.41) is 2.27. The second kappa shape index (κ2) is 7.53. The molecule has 0 aliphatic rings. The molecule has 0 radical (unpaired) electrons. The molecule has 5 heteroatoms. The van der Waals surface area contributed by atoms with Crippen LogP contribution < -0.4 is 5.32 Å². The molecule has 17 heavy (non-hydrogen) atoms. The number of carbonyl (C=O) groups is 1. The third-order valence-corrected chi connectivity index (χ3v) is 1.92. The molecule has 0 fully saturated rings. The minimum atomic E-state index is -0.740. The third-order valence-electron chi connectivity index (χ3n) is 1.73. The number of para-hydroxylation sites is 1. The van der Waals surface area contributed by atoms with Gasteiger partial charge in [0.05, 0.1) is 5.69 Å². The molecule has 1 N–H and O–H groups in total. The summed E-state index contributed by atoms with van der Waals surface area (Å²) < 4.78 is 17.8. The highest BCUT2D eigenvalue weighted by Gasteiger charge is 2.05. The Morgan fingerprint density at radius 1 is 1.41 bits per heavy atom. The molecule has 0 heterocycles. The van der Waals surface area contributed by atoms with Crippen molar-refractivity contribution in [2.24, 2.45) is 0 Å². The van der Waals surface area contributed by atoms with Gasteiger partial charge in [0.2, 0.25) is 0 Å². The van der Waals surface area contributed by atoms with E-state index in [9.17, 15) is 9.18 Å². The number of amides is 1. The Hall–Kier alpha value is -1.73. The molecule has 0 saturated carbocycles. The molecule has 0 atom stereocenters.